The molecule has 1 aliphatic heterocycles. The van der Waals surface area contributed by atoms with Crippen LogP contribution in [-0.2, 0) is 20.9 Å². The van der Waals surface area contributed by atoms with E-state index in [0.717, 1.165) is 7.11 Å². The fourth-order valence-electron chi connectivity index (χ4n) is 2.84. The van der Waals surface area contributed by atoms with Gasteiger partial charge in [-0.2, -0.15) is 10.0 Å². The second-order valence-corrected chi connectivity index (χ2v) is 6.05. The molecule has 144 valence electrons. The van der Waals surface area contributed by atoms with Gasteiger partial charge >= 0.3 is 12.1 Å². The number of esters is 1. The lowest BCUT2D eigenvalue weighted by Gasteiger charge is -2.32. The summed E-state index contributed by atoms with van der Waals surface area (Å²) >= 11 is 0. The minimum absolute atomic E-state index is 0.0900. The number of rotatable bonds is 5. The lowest BCUT2D eigenvalue weighted by Crippen LogP contribution is -2.56. The number of hydrogen-bond acceptors (Lipinski definition) is 6. The quantitative estimate of drug-likeness (QED) is 0.582. The van der Waals surface area contributed by atoms with E-state index in [9.17, 15) is 19.2 Å². The summed E-state index contributed by atoms with van der Waals surface area (Å²) in [5.74, 6) is -2.23. The van der Waals surface area contributed by atoms with Gasteiger partial charge in [0, 0.05) is 0 Å². The highest BCUT2D eigenvalue weighted by Gasteiger charge is 2.45. The molecule has 0 aliphatic carbocycles. The van der Waals surface area contributed by atoms with Gasteiger partial charge in [0.25, 0.3) is 11.8 Å². The van der Waals surface area contributed by atoms with Crippen LogP contribution in [0.3, 0.4) is 0 Å². The first-order valence-corrected chi connectivity index (χ1v) is 8.51. The van der Waals surface area contributed by atoms with Crippen molar-refractivity contribution < 1.29 is 28.7 Å². The summed E-state index contributed by atoms with van der Waals surface area (Å²) in [7, 11) is 1.15. The number of hydrazine groups is 1. The van der Waals surface area contributed by atoms with E-state index in [2.05, 4.69) is 4.74 Å². The Labute approximate surface area is 161 Å². The highest BCUT2D eigenvalue weighted by Crippen LogP contribution is 2.26. The molecule has 1 heterocycles. The molecule has 0 saturated carbocycles. The normalized spacial score (nSPS) is 13.7. The third-order valence-electron chi connectivity index (χ3n) is 4.29. The molecule has 3 rings (SSSR count). The van der Waals surface area contributed by atoms with Crippen LogP contribution in [0.4, 0.5) is 4.79 Å². The van der Waals surface area contributed by atoms with Crippen LogP contribution in [0.2, 0.25) is 0 Å². The molecule has 0 spiro atoms. The van der Waals surface area contributed by atoms with Crippen LogP contribution >= 0.6 is 0 Å². The van der Waals surface area contributed by atoms with Crippen molar-refractivity contribution in [3.8, 4) is 0 Å². The van der Waals surface area contributed by atoms with Gasteiger partial charge in [-0.15, -0.1) is 0 Å². The summed E-state index contributed by atoms with van der Waals surface area (Å²) in [6, 6.07) is 13.8. The number of benzene rings is 2. The van der Waals surface area contributed by atoms with Crippen molar-refractivity contribution in [2.24, 2.45) is 0 Å². The van der Waals surface area contributed by atoms with E-state index in [4.69, 9.17) is 4.74 Å². The Morgan fingerprint density at radius 2 is 1.50 bits per heavy atom. The van der Waals surface area contributed by atoms with Crippen molar-refractivity contribution in [2.75, 3.05) is 7.11 Å². The van der Waals surface area contributed by atoms with Crippen molar-refractivity contribution in [3.05, 3.63) is 71.3 Å². The largest absolute Gasteiger partial charge is 0.467 e. The van der Waals surface area contributed by atoms with Gasteiger partial charge in [0.15, 0.2) is 6.04 Å². The molecule has 0 unspecified atom stereocenters. The molecule has 0 bridgehead atoms. The Hall–Kier alpha value is -3.68. The van der Waals surface area contributed by atoms with Crippen LogP contribution in [0, 0.1) is 0 Å². The first kappa shape index (κ1) is 19.1. The SMILES string of the molecule is COC(=O)[C@@H](C)N(C(=O)OCc1ccccc1)N1C(=O)c2ccccc2C1=O. The van der Waals surface area contributed by atoms with E-state index >= 15 is 0 Å². The summed E-state index contributed by atoms with van der Waals surface area (Å²) in [5, 5.41) is 1.32. The molecule has 0 fully saturated rings. The third-order valence-corrected chi connectivity index (χ3v) is 4.29. The lowest BCUT2D eigenvalue weighted by atomic mass is 10.1. The molecule has 2 aromatic carbocycles. The smallest absolute Gasteiger partial charge is 0.430 e. The summed E-state index contributed by atoms with van der Waals surface area (Å²) in [6.45, 7) is 1.26. The van der Waals surface area contributed by atoms with E-state index in [1.807, 2.05) is 6.07 Å². The molecule has 0 radical (unpaired) electrons. The molecule has 0 N–H and O–H groups in total. The van der Waals surface area contributed by atoms with Crippen LogP contribution in [0.5, 0.6) is 0 Å². The van der Waals surface area contributed by atoms with Crippen LogP contribution in [0.1, 0.15) is 33.2 Å². The van der Waals surface area contributed by atoms with Gasteiger partial charge in [-0.05, 0) is 24.6 Å². The number of fused-ring (bicyclic) bond motifs is 1. The number of nitrogens with zero attached hydrogens (tertiary/aromatic N) is 2. The summed E-state index contributed by atoms with van der Waals surface area (Å²) in [5.41, 5.74) is 1.000. The Morgan fingerprint density at radius 3 is 2.04 bits per heavy atom. The number of carbonyl (C=O) groups excluding carboxylic acids is 4. The molecule has 3 amide bonds. The highest BCUT2D eigenvalue weighted by atomic mass is 16.6. The molecule has 0 saturated heterocycles. The molecule has 2 aromatic rings. The van der Waals surface area contributed by atoms with Gasteiger partial charge in [0.2, 0.25) is 0 Å². The standard InChI is InChI=1S/C20H18N2O6/c1-13(19(25)27-2)21(20(26)28-12-14-8-4-3-5-9-14)22-17(23)15-10-6-7-11-16(15)18(22)24/h3-11,13H,12H2,1-2H3/t13-/m1/s1. The van der Waals surface area contributed by atoms with Crippen LogP contribution in [0.25, 0.3) is 0 Å². The van der Waals surface area contributed by atoms with Crippen molar-refractivity contribution in [1.82, 2.24) is 10.0 Å². The highest BCUT2D eigenvalue weighted by molar-refractivity contribution is 6.21. The predicted molar refractivity (Wildman–Crippen MR) is 96.9 cm³/mol. The van der Waals surface area contributed by atoms with E-state index < -0.39 is 29.9 Å². The predicted octanol–water partition coefficient (Wildman–Crippen LogP) is 2.40. The second-order valence-electron chi connectivity index (χ2n) is 6.05. The van der Waals surface area contributed by atoms with E-state index in [1.54, 1.807) is 36.4 Å². The Bertz CT molecular complexity index is 892. The van der Waals surface area contributed by atoms with Gasteiger partial charge < -0.3 is 9.47 Å². The van der Waals surface area contributed by atoms with Gasteiger partial charge in [0.1, 0.15) is 6.61 Å². The molecule has 1 atom stereocenters. The van der Waals surface area contributed by atoms with Crippen molar-refractivity contribution in [1.29, 1.82) is 0 Å². The summed E-state index contributed by atoms with van der Waals surface area (Å²) < 4.78 is 9.92. The monoisotopic (exact) mass is 382 g/mol. The molecular formula is C20H18N2O6. The Kier molecular flexibility index (Phi) is 5.39. The summed E-state index contributed by atoms with van der Waals surface area (Å²) in [4.78, 5) is 50.3. The first-order chi connectivity index (χ1) is 13.5. The third kappa shape index (κ3) is 3.44. The van der Waals surface area contributed by atoms with E-state index in [0.29, 0.717) is 15.6 Å². The van der Waals surface area contributed by atoms with Gasteiger partial charge in [-0.25, -0.2) is 9.59 Å². The Balaban J connectivity index is 1.89. The number of methoxy groups -OCH3 is 1. The average molecular weight is 382 g/mol. The van der Waals surface area contributed by atoms with Crippen LogP contribution < -0.4 is 0 Å². The van der Waals surface area contributed by atoms with Crippen LogP contribution in [0.15, 0.2) is 54.6 Å². The second kappa shape index (κ2) is 7.91. The molecule has 8 heteroatoms. The maximum absolute atomic E-state index is 12.8. The van der Waals surface area contributed by atoms with E-state index in [1.165, 1.54) is 19.1 Å². The Morgan fingerprint density at radius 1 is 0.964 bits per heavy atom. The fourth-order valence-corrected chi connectivity index (χ4v) is 2.84. The number of hydrogen-bond donors (Lipinski definition) is 0. The van der Waals surface area contributed by atoms with Crippen molar-refractivity contribution >= 4 is 23.9 Å². The molecule has 28 heavy (non-hydrogen) atoms. The first-order valence-electron chi connectivity index (χ1n) is 8.51. The minimum atomic E-state index is -1.25. The van der Waals surface area contributed by atoms with Crippen molar-refractivity contribution in [2.45, 2.75) is 19.6 Å². The number of carbonyl (C=O) groups is 4. The number of amides is 3. The average Bonchev–Trinajstić information content (AvgIpc) is 2.98. The van der Waals surface area contributed by atoms with Crippen LogP contribution in [-0.4, -0.2) is 47.0 Å². The lowest BCUT2D eigenvalue weighted by molar-refractivity contribution is -0.149. The van der Waals surface area contributed by atoms with Gasteiger partial charge in [-0.1, -0.05) is 42.5 Å². The number of ether oxygens (including phenoxy) is 2. The zero-order valence-electron chi connectivity index (χ0n) is 15.3. The number of imide groups is 1. The topological polar surface area (TPSA) is 93.2 Å². The molecule has 8 nitrogen and oxygen atoms in total. The minimum Gasteiger partial charge on any atom is -0.467 e. The van der Waals surface area contributed by atoms with Crippen molar-refractivity contribution in [3.63, 3.8) is 0 Å². The molecule has 0 aromatic heterocycles. The zero-order valence-corrected chi connectivity index (χ0v) is 15.3. The fraction of sp³-hybridized carbons (Fsp3) is 0.200. The van der Waals surface area contributed by atoms with E-state index in [-0.39, 0.29) is 17.7 Å². The maximum Gasteiger partial charge on any atom is 0.430 e. The molecule has 1 aliphatic rings. The zero-order chi connectivity index (χ0) is 20.3. The summed E-state index contributed by atoms with van der Waals surface area (Å²) in [6.07, 6.45) is -1.02. The maximum atomic E-state index is 12.8. The van der Waals surface area contributed by atoms with Gasteiger partial charge in [-0.3, -0.25) is 9.59 Å². The van der Waals surface area contributed by atoms with Gasteiger partial charge in [0.05, 0.1) is 18.2 Å². The molecular weight excluding hydrogens is 364 g/mol.